The highest BCUT2D eigenvalue weighted by molar-refractivity contribution is 6.29. The van der Waals surface area contributed by atoms with E-state index in [0.29, 0.717) is 12.8 Å². The lowest BCUT2D eigenvalue weighted by Crippen LogP contribution is -2.72. The molecule has 4 nitrogen and oxygen atoms in total. The lowest BCUT2D eigenvalue weighted by atomic mass is 9.37. The molecule has 1 saturated heterocycles. The van der Waals surface area contributed by atoms with Gasteiger partial charge in [0.2, 0.25) is 0 Å². The summed E-state index contributed by atoms with van der Waals surface area (Å²) in [5.41, 5.74) is 0.00772. The van der Waals surface area contributed by atoms with Crippen LogP contribution in [0.5, 0.6) is 0 Å². The number of carbonyl (C=O) groups is 3. The maximum atomic E-state index is 14.8. The molecule has 3 aliphatic rings. The highest BCUT2D eigenvalue weighted by Crippen LogP contribution is 2.70. The molecule has 0 N–H and O–H groups in total. The molecular formula is C31H46O4. The number of hydrogen-bond acceptors (Lipinski definition) is 4. The first-order chi connectivity index (χ1) is 16.2. The Morgan fingerprint density at radius 1 is 0.914 bits per heavy atom. The summed E-state index contributed by atoms with van der Waals surface area (Å²) in [7, 11) is 0. The molecule has 0 aromatic rings. The first kappa shape index (κ1) is 27.8. The van der Waals surface area contributed by atoms with E-state index >= 15 is 0 Å². The molecule has 6 atom stereocenters. The van der Waals surface area contributed by atoms with E-state index in [0.717, 1.165) is 31.3 Å². The minimum atomic E-state index is -1.28. The number of ketones is 3. The molecule has 1 heterocycles. The van der Waals surface area contributed by atoms with Crippen LogP contribution in [-0.2, 0) is 19.1 Å². The van der Waals surface area contributed by atoms with Crippen molar-refractivity contribution in [1.82, 2.24) is 0 Å². The number of Topliss-reactive ketones (excluding diaryl/α,β-unsaturated/α-hetero) is 3. The molecule has 194 valence electrons. The van der Waals surface area contributed by atoms with Crippen molar-refractivity contribution in [1.29, 1.82) is 0 Å². The van der Waals surface area contributed by atoms with Crippen molar-refractivity contribution in [2.75, 3.05) is 0 Å². The van der Waals surface area contributed by atoms with Gasteiger partial charge in [-0.1, -0.05) is 48.8 Å². The van der Waals surface area contributed by atoms with Crippen molar-refractivity contribution in [2.24, 2.45) is 22.2 Å². The number of carbonyl (C=O) groups excluding carboxylic acids is 3. The van der Waals surface area contributed by atoms with Crippen LogP contribution in [0.25, 0.3) is 0 Å². The van der Waals surface area contributed by atoms with Crippen LogP contribution < -0.4 is 0 Å². The molecule has 2 aliphatic carbocycles. The van der Waals surface area contributed by atoms with Gasteiger partial charge in [-0.3, -0.25) is 14.4 Å². The normalized spacial score (nSPS) is 38.1. The summed E-state index contributed by atoms with van der Waals surface area (Å²) in [6, 6.07) is 0. The molecule has 0 amide bonds. The van der Waals surface area contributed by atoms with Crippen molar-refractivity contribution in [2.45, 2.75) is 119 Å². The van der Waals surface area contributed by atoms with Gasteiger partial charge in [-0.2, -0.15) is 0 Å². The van der Waals surface area contributed by atoms with Gasteiger partial charge >= 0.3 is 0 Å². The number of allylic oxidation sites excluding steroid dienone is 6. The Hall–Kier alpha value is -1.81. The molecule has 0 spiro atoms. The third-order valence-electron chi connectivity index (χ3n) is 9.35. The van der Waals surface area contributed by atoms with Crippen molar-refractivity contribution in [3.63, 3.8) is 0 Å². The Labute approximate surface area is 212 Å². The molecular weight excluding hydrogens is 436 g/mol. The van der Waals surface area contributed by atoms with Crippen molar-refractivity contribution < 1.29 is 19.1 Å². The predicted octanol–water partition coefficient (Wildman–Crippen LogP) is 7.12. The van der Waals surface area contributed by atoms with E-state index in [9.17, 15) is 14.4 Å². The molecule has 2 bridgehead atoms. The topological polar surface area (TPSA) is 63.7 Å². The van der Waals surface area contributed by atoms with E-state index in [2.05, 4.69) is 53.7 Å². The Morgan fingerprint density at radius 2 is 1.51 bits per heavy atom. The monoisotopic (exact) mass is 482 g/mol. The molecule has 0 aromatic heterocycles. The van der Waals surface area contributed by atoms with Crippen LogP contribution in [0.4, 0.5) is 0 Å². The summed E-state index contributed by atoms with van der Waals surface area (Å²) in [5, 5.41) is 0. The Bertz CT molecular complexity index is 987. The highest BCUT2D eigenvalue weighted by atomic mass is 16.6. The van der Waals surface area contributed by atoms with Crippen LogP contribution >= 0.6 is 0 Å². The summed E-state index contributed by atoms with van der Waals surface area (Å²) in [5.74, 6) is -0.513. The summed E-state index contributed by atoms with van der Waals surface area (Å²) in [4.78, 5) is 42.6. The summed E-state index contributed by atoms with van der Waals surface area (Å²) in [6.07, 6.45) is 9.74. The van der Waals surface area contributed by atoms with Gasteiger partial charge in [0.05, 0.1) is 17.4 Å². The third kappa shape index (κ3) is 4.34. The molecule has 2 saturated carbocycles. The smallest absolute Gasteiger partial charge is 0.163 e. The second kappa shape index (κ2) is 9.57. The van der Waals surface area contributed by atoms with Crippen molar-refractivity contribution in [3.8, 4) is 0 Å². The number of fused-ring (bicyclic) bond motifs is 2. The number of ether oxygens (including phenoxy) is 1. The Morgan fingerprint density at radius 3 is 2.03 bits per heavy atom. The fourth-order valence-electron chi connectivity index (χ4n) is 6.90. The number of rotatable bonds is 9. The van der Waals surface area contributed by atoms with Crippen LogP contribution in [0.2, 0.25) is 0 Å². The second-order valence-electron chi connectivity index (χ2n) is 12.5. The standard InChI is InChI=1S/C31H46O4/c1-10-29(9)27(35-29)31-25(33)18-24(32)30(26(31)34,17-15-22(6)7)19-23(14-13-21(4)5)28(31,8)16-11-12-20(2)3/h12-13,15,23,27H,10-11,14,16-19H2,1-9H3. The largest absolute Gasteiger partial charge is 0.365 e. The molecule has 0 radical (unpaired) electrons. The average Bonchev–Trinajstić information content (AvgIpc) is 3.43. The van der Waals surface area contributed by atoms with Gasteiger partial charge in [0.25, 0.3) is 0 Å². The first-order valence-corrected chi connectivity index (χ1v) is 13.4. The summed E-state index contributed by atoms with van der Waals surface area (Å²) in [6.45, 7) is 18.6. The van der Waals surface area contributed by atoms with E-state index in [1.807, 2.05) is 26.8 Å². The zero-order valence-electron chi connectivity index (χ0n) is 23.5. The Kier molecular flexibility index (Phi) is 7.60. The number of hydrogen-bond donors (Lipinski definition) is 0. The van der Waals surface area contributed by atoms with E-state index in [1.54, 1.807) is 0 Å². The van der Waals surface area contributed by atoms with Gasteiger partial charge in [-0.15, -0.1) is 0 Å². The van der Waals surface area contributed by atoms with Gasteiger partial charge in [0.1, 0.15) is 11.5 Å². The maximum absolute atomic E-state index is 14.8. The summed E-state index contributed by atoms with van der Waals surface area (Å²) >= 11 is 0. The zero-order valence-corrected chi connectivity index (χ0v) is 23.5. The lowest BCUT2D eigenvalue weighted by Gasteiger charge is -2.61. The molecule has 4 heteroatoms. The average molecular weight is 483 g/mol. The molecule has 0 aromatic carbocycles. The molecule has 1 aliphatic heterocycles. The predicted molar refractivity (Wildman–Crippen MR) is 141 cm³/mol. The SMILES string of the molecule is CCC1(C)OC1C12C(=O)CC(=O)C(CC=C(C)C)(CC(CC=C(C)C)C1(C)CCC=C(C)C)C2=O. The van der Waals surface area contributed by atoms with E-state index in [4.69, 9.17) is 4.74 Å². The van der Waals surface area contributed by atoms with Crippen molar-refractivity contribution in [3.05, 3.63) is 34.9 Å². The fourth-order valence-corrected chi connectivity index (χ4v) is 6.90. The van der Waals surface area contributed by atoms with Crippen molar-refractivity contribution >= 4 is 17.3 Å². The van der Waals surface area contributed by atoms with Crippen LogP contribution in [-0.4, -0.2) is 29.1 Å². The minimum absolute atomic E-state index is 0.0322. The van der Waals surface area contributed by atoms with E-state index in [1.165, 1.54) is 11.1 Å². The minimum Gasteiger partial charge on any atom is -0.365 e. The Balaban J connectivity index is 2.29. The quantitative estimate of drug-likeness (QED) is 0.199. The van der Waals surface area contributed by atoms with Crippen LogP contribution in [0.15, 0.2) is 34.9 Å². The summed E-state index contributed by atoms with van der Waals surface area (Å²) < 4.78 is 6.31. The third-order valence-corrected chi connectivity index (χ3v) is 9.35. The molecule has 6 unspecified atom stereocenters. The van der Waals surface area contributed by atoms with E-state index in [-0.39, 0.29) is 29.7 Å². The van der Waals surface area contributed by atoms with Crippen LogP contribution in [0, 0.1) is 22.2 Å². The fraction of sp³-hybridized carbons (Fsp3) is 0.710. The lowest BCUT2D eigenvalue weighted by molar-refractivity contribution is -0.185. The maximum Gasteiger partial charge on any atom is 0.163 e. The van der Waals surface area contributed by atoms with Gasteiger partial charge in [-0.05, 0) is 98.3 Å². The zero-order chi connectivity index (χ0) is 26.4. The van der Waals surface area contributed by atoms with Crippen LogP contribution in [0.1, 0.15) is 107 Å². The van der Waals surface area contributed by atoms with Crippen LogP contribution in [0.3, 0.4) is 0 Å². The molecule has 3 rings (SSSR count). The van der Waals surface area contributed by atoms with Gasteiger partial charge in [0.15, 0.2) is 17.3 Å². The highest BCUT2D eigenvalue weighted by Gasteiger charge is 2.81. The van der Waals surface area contributed by atoms with Gasteiger partial charge < -0.3 is 4.74 Å². The number of epoxide rings is 1. The van der Waals surface area contributed by atoms with Gasteiger partial charge in [-0.25, -0.2) is 0 Å². The first-order valence-electron chi connectivity index (χ1n) is 13.4. The molecule has 35 heavy (non-hydrogen) atoms. The molecule has 3 fully saturated rings. The van der Waals surface area contributed by atoms with Gasteiger partial charge in [0, 0.05) is 0 Å². The second-order valence-corrected chi connectivity index (χ2v) is 12.5. The van der Waals surface area contributed by atoms with E-state index < -0.39 is 27.9 Å².